The number of H-pyrrole nitrogens is 1. The first-order valence-electron chi connectivity index (χ1n) is 10.9. The van der Waals surface area contributed by atoms with E-state index in [1.165, 1.54) is 12.1 Å². The Kier molecular flexibility index (Phi) is 7.74. The van der Waals surface area contributed by atoms with Crippen molar-refractivity contribution in [2.24, 2.45) is 0 Å². The molecule has 1 saturated heterocycles. The Morgan fingerprint density at radius 1 is 1.16 bits per heavy atom. The van der Waals surface area contributed by atoms with Crippen LogP contribution in [0.4, 0.5) is 10.6 Å². The molecule has 0 saturated carbocycles. The molecule has 2 aromatic heterocycles. The third kappa shape index (κ3) is 6.39. The summed E-state index contributed by atoms with van der Waals surface area (Å²) in [7, 11) is 0. The first-order chi connectivity index (χ1) is 17.4. The van der Waals surface area contributed by atoms with Crippen molar-refractivity contribution in [3.05, 3.63) is 59.8 Å². The number of nitrogens with zero attached hydrogens (tertiary/aromatic N) is 4. The predicted molar refractivity (Wildman–Crippen MR) is 136 cm³/mol. The fourth-order valence-corrected chi connectivity index (χ4v) is 4.22. The highest BCUT2D eigenvalue weighted by Gasteiger charge is 2.24. The maximum Gasteiger partial charge on any atom is 0.413 e. The van der Waals surface area contributed by atoms with Gasteiger partial charge in [0.05, 0.1) is 22.3 Å². The molecule has 3 aromatic rings. The molecule has 1 aliphatic heterocycles. The summed E-state index contributed by atoms with van der Waals surface area (Å²) >= 11 is 19.0. The molecular weight excluding hydrogens is 551 g/mol. The number of benzene rings is 1. The van der Waals surface area contributed by atoms with Gasteiger partial charge in [-0.1, -0.05) is 34.8 Å². The average Bonchev–Trinajstić information content (AvgIpc) is 3.32. The summed E-state index contributed by atoms with van der Waals surface area (Å²) in [6.45, 7) is 6.08. The van der Waals surface area contributed by atoms with Gasteiger partial charge in [-0.15, -0.1) is 15.3 Å². The van der Waals surface area contributed by atoms with Crippen molar-refractivity contribution >= 4 is 46.7 Å². The van der Waals surface area contributed by atoms with Gasteiger partial charge in [-0.3, -0.25) is 15.1 Å². The van der Waals surface area contributed by atoms with Crippen LogP contribution in [0.15, 0.2) is 27.8 Å². The van der Waals surface area contributed by atoms with E-state index in [9.17, 15) is 14.4 Å². The van der Waals surface area contributed by atoms with Crippen LogP contribution in [0.5, 0.6) is 11.6 Å². The maximum atomic E-state index is 12.4. The molecule has 12 nitrogen and oxygen atoms in total. The largest absolute Gasteiger partial charge is 0.444 e. The van der Waals surface area contributed by atoms with E-state index >= 15 is 0 Å². The molecule has 0 spiro atoms. The standard InChI is InChI=1S/C22H21Cl3N6O6/c1-22(2,3)37-21(34)26-18-19(32)27-20(33)31(30-18)11-6-13(23)16(14(24)7-11)36-15-8-12(17(25)29-28-15)10-4-5-35-9-10/h6-8,10H,4-5,9H2,1-3H3,(H,26,30,34)(H,27,32,33). The van der Waals surface area contributed by atoms with E-state index in [0.717, 1.165) is 16.7 Å². The average molecular weight is 572 g/mol. The normalized spacial score (nSPS) is 15.5. The van der Waals surface area contributed by atoms with Crippen molar-refractivity contribution in [2.45, 2.75) is 38.7 Å². The van der Waals surface area contributed by atoms with Crippen LogP contribution in [0, 0.1) is 0 Å². The number of aromatic nitrogens is 5. The van der Waals surface area contributed by atoms with Crippen molar-refractivity contribution in [3.8, 4) is 17.3 Å². The van der Waals surface area contributed by atoms with Crippen molar-refractivity contribution in [1.29, 1.82) is 0 Å². The van der Waals surface area contributed by atoms with Crippen LogP contribution in [-0.2, 0) is 9.47 Å². The molecule has 37 heavy (non-hydrogen) atoms. The van der Waals surface area contributed by atoms with Crippen LogP contribution in [0.1, 0.15) is 38.7 Å². The van der Waals surface area contributed by atoms with Crippen LogP contribution < -0.4 is 21.3 Å². The first-order valence-corrected chi connectivity index (χ1v) is 12.1. The maximum absolute atomic E-state index is 12.4. The summed E-state index contributed by atoms with van der Waals surface area (Å²) in [5, 5.41) is 14.3. The van der Waals surface area contributed by atoms with Gasteiger partial charge in [0.2, 0.25) is 11.7 Å². The number of halogens is 3. The molecule has 1 atom stereocenters. The Balaban J connectivity index is 1.63. The minimum absolute atomic E-state index is 0.00607. The quantitative estimate of drug-likeness (QED) is 0.456. The Bertz CT molecular complexity index is 1440. The summed E-state index contributed by atoms with van der Waals surface area (Å²) in [5.41, 5.74) is -1.83. The summed E-state index contributed by atoms with van der Waals surface area (Å²) in [6, 6.07) is 4.31. The van der Waals surface area contributed by atoms with E-state index < -0.39 is 28.8 Å². The highest BCUT2D eigenvalue weighted by molar-refractivity contribution is 6.37. The van der Waals surface area contributed by atoms with Gasteiger partial charge >= 0.3 is 11.8 Å². The molecule has 15 heteroatoms. The van der Waals surface area contributed by atoms with E-state index in [2.05, 4.69) is 25.6 Å². The van der Waals surface area contributed by atoms with Crippen LogP contribution in [-0.4, -0.2) is 49.9 Å². The lowest BCUT2D eigenvalue weighted by atomic mass is 10.0. The Hall–Kier alpha value is -3.19. The predicted octanol–water partition coefficient (Wildman–Crippen LogP) is 4.31. The second-order valence-electron chi connectivity index (χ2n) is 8.98. The van der Waals surface area contributed by atoms with Gasteiger partial charge in [0, 0.05) is 24.2 Å². The Morgan fingerprint density at radius 2 is 1.86 bits per heavy atom. The number of rotatable bonds is 5. The van der Waals surface area contributed by atoms with Gasteiger partial charge in [-0.25, -0.2) is 9.59 Å². The molecule has 3 heterocycles. The summed E-state index contributed by atoms with van der Waals surface area (Å²) in [6.07, 6.45) is -0.143. The highest BCUT2D eigenvalue weighted by Crippen LogP contribution is 2.39. The van der Waals surface area contributed by atoms with Crippen LogP contribution in [0.2, 0.25) is 15.2 Å². The van der Waals surface area contributed by atoms with Crippen molar-refractivity contribution < 1.29 is 19.0 Å². The van der Waals surface area contributed by atoms with Crippen molar-refractivity contribution in [1.82, 2.24) is 25.0 Å². The second kappa shape index (κ2) is 10.7. The minimum Gasteiger partial charge on any atom is -0.444 e. The van der Waals surface area contributed by atoms with Crippen LogP contribution >= 0.6 is 34.8 Å². The Labute approximate surface area is 224 Å². The lowest BCUT2D eigenvalue weighted by Gasteiger charge is -2.19. The van der Waals surface area contributed by atoms with Gasteiger partial charge in [0.1, 0.15) is 5.60 Å². The van der Waals surface area contributed by atoms with Crippen LogP contribution in [0.3, 0.4) is 0 Å². The highest BCUT2D eigenvalue weighted by atomic mass is 35.5. The first kappa shape index (κ1) is 26.9. The van der Waals surface area contributed by atoms with E-state index in [1.54, 1.807) is 26.8 Å². The molecule has 0 radical (unpaired) electrons. The lowest BCUT2D eigenvalue weighted by Crippen LogP contribution is -2.36. The molecule has 1 amide bonds. The fraction of sp³-hybridized carbons (Fsp3) is 0.364. The minimum atomic E-state index is -0.928. The molecule has 196 valence electrons. The summed E-state index contributed by atoms with van der Waals surface area (Å²) < 4.78 is 17.1. The number of nitrogens with one attached hydrogen (secondary N) is 2. The number of ether oxygens (including phenoxy) is 3. The number of anilines is 1. The number of hydrogen-bond donors (Lipinski definition) is 2. The molecule has 4 rings (SSSR count). The zero-order valence-electron chi connectivity index (χ0n) is 19.8. The third-order valence-corrected chi connectivity index (χ3v) is 5.86. The summed E-state index contributed by atoms with van der Waals surface area (Å²) in [5.74, 6) is -0.269. The molecule has 0 bridgehead atoms. The SMILES string of the molecule is CC(C)(C)OC(=O)Nc1nn(-c2cc(Cl)c(Oc3cc(C4CCOC4)c(Cl)nn3)c(Cl)c2)c(=O)[nH]c1=O. The van der Waals surface area contributed by atoms with Gasteiger partial charge in [0.25, 0.3) is 5.56 Å². The zero-order chi connectivity index (χ0) is 26.9. The van der Waals surface area contributed by atoms with E-state index in [4.69, 9.17) is 49.0 Å². The number of amides is 1. The lowest BCUT2D eigenvalue weighted by molar-refractivity contribution is 0.0634. The number of aromatic amines is 1. The van der Waals surface area contributed by atoms with E-state index in [-0.39, 0.29) is 38.4 Å². The van der Waals surface area contributed by atoms with E-state index in [1.807, 2.05) is 0 Å². The number of carbonyl (C=O) groups is 1. The molecule has 2 N–H and O–H groups in total. The third-order valence-electron chi connectivity index (χ3n) is 5.00. The number of hydrogen-bond acceptors (Lipinski definition) is 9. The fourth-order valence-electron chi connectivity index (χ4n) is 3.42. The van der Waals surface area contributed by atoms with E-state index in [0.29, 0.717) is 13.2 Å². The van der Waals surface area contributed by atoms with Gasteiger partial charge in [-0.05, 0) is 39.3 Å². The molecular formula is C22H21Cl3N6O6. The summed E-state index contributed by atoms with van der Waals surface area (Å²) in [4.78, 5) is 38.7. The van der Waals surface area contributed by atoms with Gasteiger partial charge in [0.15, 0.2) is 10.9 Å². The number of carbonyl (C=O) groups excluding carboxylic acids is 1. The topological polar surface area (TPSA) is 150 Å². The smallest absolute Gasteiger partial charge is 0.413 e. The van der Waals surface area contributed by atoms with Gasteiger partial charge in [-0.2, -0.15) is 4.68 Å². The molecule has 0 aliphatic carbocycles. The molecule has 1 aromatic carbocycles. The zero-order valence-corrected chi connectivity index (χ0v) is 22.1. The van der Waals surface area contributed by atoms with Crippen molar-refractivity contribution in [2.75, 3.05) is 18.5 Å². The molecule has 1 fully saturated rings. The monoisotopic (exact) mass is 570 g/mol. The Morgan fingerprint density at radius 3 is 2.49 bits per heavy atom. The molecule has 1 unspecified atom stereocenters. The molecule has 1 aliphatic rings. The second-order valence-corrected chi connectivity index (χ2v) is 10.1. The van der Waals surface area contributed by atoms with Crippen LogP contribution in [0.25, 0.3) is 5.69 Å². The van der Waals surface area contributed by atoms with Gasteiger partial charge < -0.3 is 14.2 Å². The van der Waals surface area contributed by atoms with Crippen molar-refractivity contribution in [3.63, 3.8) is 0 Å².